The van der Waals surface area contributed by atoms with Crippen LogP contribution in [-0.4, -0.2) is 18.8 Å². The number of nitrogens with two attached hydrogens (primary N) is 1. The zero-order valence-corrected chi connectivity index (χ0v) is 12.5. The zero-order chi connectivity index (χ0) is 13.7. The summed E-state index contributed by atoms with van der Waals surface area (Å²) >= 11 is 0. The van der Waals surface area contributed by atoms with Crippen molar-refractivity contribution in [2.24, 2.45) is 28.6 Å². The summed E-state index contributed by atoms with van der Waals surface area (Å²) < 4.78 is 0. The summed E-state index contributed by atoms with van der Waals surface area (Å²) in [6.45, 7) is 5.74. The van der Waals surface area contributed by atoms with E-state index in [-0.39, 0.29) is 0 Å². The number of rotatable bonds is 5. The number of hydrogen-bond acceptors (Lipinski definition) is 3. The lowest BCUT2D eigenvalue weighted by molar-refractivity contribution is 0.144. The fourth-order valence-corrected chi connectivity index (χ4v) is 4.23. The number of nitrogens with one attached hydrogen (secondary N) is 1. The summed E-state index contributed by atoms with van der Waals surface area (Å²) in [5, 5.41) is 3.82. The van der Waals surface area contributed by atoms with Crippen LogP contribution in [0.25, 0.3) is 0 Å². The molecule has 3 nitrogen and oxygen atoms in total. The van der Waals surface area contributed by atoms with E-state index in [1.54, 1.807) is 0 Å². The molecule has 0 aromatic rings. The van der Waals surface area contributed by atoms with Gasteiger partial charge in [0.05, 0.1) is 0 Å². The van der Waals surface area contributed by atoms with E-state index in [1.807, 2.05) is 0 Å². The quantitative estimate of drug-likeness (QED) is 0.592. The molecule has 110 valence electrons. The summed E-state index contributed by atoms with van der Waals surface area (Å²) in [4.78, 5) is 0. The van der Waals surface area contributed by atoms with Gasteiger partial charge in [0, 0.05) is 18.8 Å². The summed E-state index contributed by atoms with van der Waals surface area (Å²) in [5.41, 5.74) is 9.33. The fraction of sp³-hybridized carbons (Fsp3) is 0.938. The van der Waals surface area contributed by atoms with Gasteiger partial charge in [0.1, 0.15) is 0 Å². The largest absolute Gasteiger partial charge is 0.327 e. The third-order valence-corrected chi connectivity index (χ3v) is 5.61. The standard InChI is InChI=1S/C16H31N3/c1-3-16(17)14-6-4-12(5-7-14)13-8-10-15(11-9-13)19-18-2/h12-16,19H,2-11,17H2,1H3. The highest BCUT2D eigenvalue weighted by Gasteiger charge is 2.31. The minimum atomic E-state index is 0.444. The van der Waals surface area contributed by atoms with Crippen molar-refractivity contribution in [3.63, 3.8) is 0 Å². The molecule has 1 atom stereocenters. The van der Waals surface area contributed by atoms with Crippen LogP contribution in [0.2, 0.25) is 0 Å². The zero-order valence-electron chi connectivity index (χ0n) is 12.5. The van der Waals surface area contributed by atoms with E-state index in [1.165, 1.54) is 51.4 Å². The molecule has 0 spiro atoms. The van der Waals surface area contributed by atoms with Gasteiger partial charge < -0.3 is 11.2 Å². The predicted octanol–water partition coefficient (Wildman–Crippen LogP) is 3.29. The maximum absolute atomic E-state index is 6.20. The van der Waals surface area contributed by atoms with Crippen molar-refractivity contribution in [3.05, 3.63) is 0 Å². The van der Waals surface area contributed by atoms with Crippen LogP contribution in [0, 0.1) is 17.8 Å². The minimum absolute atomic E-state index is 0.444. The van der Waals surface area contributed by atoms with E-state index in [0.717, 1.165) is 24.2 Å². The van der Waals surface area contributed by atoms with Gasteiger partial charge in [-0.2, -0.15) is 5.10 Å². The first-order valence-corrected chi connectivity index (χ1v) is 8.21. The lowest BCUT2D eigenvalue weighted by Gasteiger charge is -2.38. The number of nitrogens with zero attached hydrogens (tertiary/aromatic N) is 1. The van der Waals surface area contributed by atoms with Gasteiger partial charge in [-0.05, 0) is 75.5 Å². The van der Waals surface area contributed by atoms with Crippen molar-refractivity contribution < 1.29 is 0 Å². The minimum Gasteiger partial charge on any atom is -0.327 e. The van der Waals surface area contributed by atoms with E-state index >= 15 is 0 Å². The molecule has 0 heterocycles. The predicted molar refractivity (Wildman–Crippen MR) is 82.1 cm³/mol. The van der Waals surface area contributed by atoms with Gasteiger partial charge in [-0.15, -0.1) is 0 Å². The SMILES string of the molecule is C=NNC1CCC(C2CCC(C(N)CC)CC2)CC1. The topological polar surface area (TPSA) is 50.4 Å². The number of hydrogen-bond donors (Lipinski definition) is 2. The van der Waals surface area contributed by atoms with E-state index < -0.39 is 0 Å². The molecule has 2 fully saturated rings. The Morgan fingerprint density at radius 2 is 1.58 bits per heavy atom. The van der Waals surface area contributed by atoms with E-state index in [2.05, 4.69) is 24.2 Å². The average Bonchev–Trinajstić information content (AvgIpc) is 2.48. The maximum atomic E-state index is 6.20. The molecule has 2 saturated carbocycles. The third-order valence-electron chi connectivity index (χ3n) is 5.61. The van der Waals surface area contributed by atoms with Gasteiger partial charge in [0.15, 0.2) is 0 Å². The van der Waals surface area contributed by atoms with E-state index in [4.69, 9.17) is 5.73 Å². The van der Waals surface area contributed by atoms with E-state index in [9.17, 15) is 0 Å². The molecule has 0 bridgehead atoms. The molecule has 0 aliphatic heterocycles. The molecule has 0 saturated heterocycles. The molecule has 0 aromatic carbocycles. The molecule has 1 unspecified atom stereocenters. The van der Waals surface area contributed by atoms with Gasteiger partial charge in [-0.25, -0.2) is 0 Å². The second-order valence-corrected chi connectivity index (χ2v) is 6.65. The summed E-state index contributed by atoms with van der Waals surface area (Å²) in [5.74, 6) is 2.73. The molecule has 2 aliphatic carbocycles. The van der Waals surface area contributed by atoms with Gasteiger partial charge >= 0.3 is 0 Å². The Kier molecular flexibility index (Phi) is 5.68. The Balaban J connectivity index is 1.72. The summed E-state index contributed by atoms with van der Waals surface area (Å²) in [6.07, 6.45) is 12.0. The van der Waals surface area contributed by atoms with Gasteiger partial charge in [0.2, 0.25) is 0 Å². The first kappa shape index (κ1) is 14.8. The maximum Gasteiger partial charge on any atom is 0.0440 e. The highest BCUT2D eigenvalue weighted by molar-refractivity contribution is 5.22. The second-order valence-electron chi connectivity index (χ2n) is 6.65. The Bertz CT molecular complexity index is 263. The molecule has 0 aromatic heterocycles. The van der Waals surface area contributed by atoms with Crippen LogP contribution in [0.4, 0.5) is 0 Å². The molecule has 2 aliphatic rings. The highest BCUT2D eigenvalue weighted by Crippen LogP contribution is 2.40. The normalized spacial score (nSPS) is 37.6. The van der Waals surface area contributed by atoms with Crippen molar-refractivity contribution in [1.82, 2.24) is 5.43 Å². The van der Waals surface area contributed by atoms with Crippen LogP contribution in [0.3, 0.4) is 0 Å². The molecule has 0 radical (unpaired) electrons. The molecular formula is C16H31N3. The summed E-state index contributed by atoms with van der Waals surface area (Å²) in [6, 6.07) is 1.03. The van der Waals surface area contributed by atoms with Crippen molar-refractivity contribution >= 4 is 6.72 Å². The monoisotopic (exact) mass is 265 g/mol. The Hall–Kier alpha value is -0.570. The van der Waals surface area contributed by atoms with Crippen LogP contribution >= 0.6 is 0 Å². The summed E-state index contributed by atoms with van der Waals surface area (Å²) in [7, 11) is 0. The molecular weight excluding hydrogens is 234 g/mol. The number of hydrazone groups is 1. The van der Waals surface area contributed by atoms with Gasteiger partial charge in [-0.1, -0.05) is 6.92 Å². The molecule has 0 amide bonds. The van der Waals surface area contributed by atoms with E-state index in [0.29, 0.717) is 12.1 Å². The third kappa shape index (κ3) is 3.95. The Morgan fingerprint density at radius 1 is 1.05 bits per heavy atom. The lowest BCUT2D eigenvalue weighted by Crippen LogP contribution is -2.36. The van der Waals surface area contributed by atoms with Crippen LogP contribution in [0.1, 0.15) is 64.7 Å². The highest BCUT2D eigenvalue weighted by atomic mass is 15.3. The van der Waals surface area contributed by atoms with Crippen LogP contribution in [0.15, 0.2) is 5.10 Å². The lowest BCUT2D eigenvalue weighted by atomic mass is 9.69. The van der Waals surface area contributed by atoms with Crippen molar-refractivity contribution in [2.45, 2.75) is 76.8 Å². The van der Waals surface area contributed by atoms with Crippen molar-refractivity contribution in [2.75, 3.05) is 0 Å². The second kappa shape index (κ2) is 7.28. The first-order valence-electron chi connectivity index (χ1n) is 8.21. The van der Waals surface area contributed by atoms with Crippen LogP contribution in [-0.2, 0) is 0 Å². The Labute approximate surface area is 118 Å². The van der Waals surface area contributed by atoms with Gasteiger partial charge in [-0.3, -0.25) is 0 Å². The van der Waals surface area contributed by atoms with Gasteiger partial charge in [0.25, 0.3) is 0 Å². The molecule has 3 heteroatoms. The van der Waals surface area contributed by atoms with Crippen LogP contribution < -0.4 is 11.2 Å². The molecule has 3 N–H and O–H groups in total. The molecule has 2 rings (SSSR count). The first-order chi connectivity index (χ1) is 9.24. The Morgan fingerprint density at radius 3 is 2.05 bits per heavy atom. The fourth-order valence-electron chi connectivity index (χ4n) is 4.23. The average molecular weight is 265 g/mol. The van der Waals surface area contributed by atoms with Crippen LogP contribution in [0.5, 0.6) is 0 Å². The van der Waals surface area contributed by atoms with Crippen molar-refractivity contribution in [3.8, 4) is 0 Å². The van der Waals surface area contributed by atoms with Crippen molar-refractivity contribution in [1.29, 1.82) is 0 Å². The molecule has 19 heavy (non-hydrogen) atoms. The smallest absolute Gasteiger partial charge is 0.0440 e.